The summed E-state index contributed by atoms with van der Waals surface area (Å²) in [6, 6.07) is 0. The summed E-state index contributed by atoms with van der Waals surface area (Å²) in [5, 5.41) is 0. The fourth-order valence-corrected chi connectivity index (χ4v) is 1.63. The second kappa shape index (κ2) is 8.49. The van der Waals surface area contributed by atoms with Gasteiger partial charge < -0.3 is 4.79 Å². The second-order valence-corrected chi connectivity index (χ2v) is 5.13. The zero-order valence-corrected chi connectivity index (χ0v) is 11.1. The number of carbonyl (C=O) groups is 2. The van der Waals surface area contributed by atoms with Gasteiger partial charge in [-0.2, -0.15) is 0 Å². The van der Waals surface area contributed by atoms with Crippen molar-refractivity contribution in [1.82, 2.24) is 0 Å². The van der Waals surface area contributed by atoms with E-state index in [1.54, 1.807) is 13.8 Å². The van der Waals surface area contributed by atoms with Crippen molar-refractivity contribution < 1.29 is 9.59 Å². The minimum Gasteiger partial charge on any atom is -0.302 e. The highest BCUT2D eigenvalue weighted by Crippen LogP contribution is 2.17. The Hall–Kier alpha value is -0.660. The fraction of sp³-hybridized carbons (Fsp3) is 0.857. The van der Waals surface area contributed by atoms with Crippen LogP contribution in [0.1, 0.15) is 72.1 Å². The van der Waals surface area contributed by atoms with Crippen molar-refractivity contribution in [2.75, 3.05) is 0 Å². The van der Waals surface area contributed by atoms with Gasteiger partial charge in [-0.05, 0) is 20.3 Å². The number of carbonyl (C=O) groups excluding carboxylic acids is 2. The summed E-state index contributed by atoms with van der Waals surface area (Å²) in [5.41, 5.74) is -0.776. The molecule has 0 rings (SSSR count). The Labute approximate surface area is 99.8 Å². The summed E-state index contributed by atoms with van der Waals surface area (Å²) in [6.45, 7) is 5.60. The zero-order chi connectivity index (χ0) is 12.4. The van der Waals surface area contributed by atoms with E-state index in [1.807, 2.05) is 0 Å². The molecule has 0 heterocycles. The molecular weight excluding hydrogens is 200 g/mol. The van der Waals surface area contributed by atoms with E-state index >= 15 is 0 Å². The maximum absolute atomic E-state index is 11.6. The molecule has 0 saturated heterocycles. The first kappa shape index (κ1) is 15.3. The fourth-order valence-electron chi connectivity index (χ4n) is 1.63. The van der Waals surface area contributed by atoms with Crippen molar-refractivity contribution >= 4 is 12.1 Å². The average Bonchev–Trinajstić information content (AvgIpc) is 2.27. The van der Waals surface area contributed by atoms with Crippen LogP contribution in [0.25, 0.3) is 0 Å². The third-order valence-corrected chi connectivity index (χ3v) is 3.02. The number of hydrogen-bond acceptors (Lipinski definition) is 2. The number of hydrogen-bond donors (Lipinski definition) is 0. The van der Waals surface area contributed by atoms with Crippen LogP contribution in [0.5, 0.6) is 0 Å². The molecule has 94 valence electrons. The van der Waals surface area contributed by atoms with Crippen molar-refractivity contribution in [3.05, 3.63) is 0 Å². The van der Waals surface area contributed by atoms with Crippen LogP contribution in [0.3, 0.4) is 0 Å². The normalized spacial score (nSPS) is 11.4. The van der Waals surface area contributed by atoms with Gasteiger partial charge in [0.1, 0.15) is 12.1 Å². The Kier molecular flexibility index (Phi) is 8.14. The minimum absolute atomic E-state index is 0.0797. The summed E-state index contributed by atoms with van der Waals surface area (Å²) >= 11 is 0. The van der Waals surface area contributed by atoms with Crippen LogP contribution in [0.4, 0.5) is 0 Å². The van der Waals surface area contributed by atoms with E-state index in [1.165, 1.54) is 32.1 Å². The number of aldehydes is 1. The van der Waals surface area contributed by atoms with Gasteiger partial charge in [-0.25, -0.2) is 0 Å². The Balaban J connectivity index is 3.45. The summed E-state index contributed by atoms with van der Waals surface area (Å²) < 4.78 is 0. The largest absolute Gasteiger partial charge is 0.302 e. The van der Waals surface area contributed by atoms with Crippen LogP contribution < -0.4 is 0 Å². The smallest absolute Gasteiger partial charge is 0.145 e. The molecule has 0 unspecified atom stereocenters. The van der Waals surface area contributed by atoms with E-state index in [4.69, 9.17) is 0 Å². The van der Waals surface area contributed by atoms with Gasteiger partial charge in [-0.15, -0.1) is 0 Å². The highest BCUT2D eigenvalue weighted by atomic mass is 16.1. The Morgan fingerprint density at radius 2 is 1.50 bits per heavy atom. The molecular formula is C14H26O2. The summed E-state index contributed by atoms with van der Waals surface area (Å²) in [6.07, 6.45) is 9.75. The van der Waals surface area contributed by atoms with Crippen molar-refractivity contribution in [2.24, 2.45) is 5.41 Å². The molecule has 0 aromatic rings. The van der Waals surface area contributed by atoms with Crippen LogP contribution in [0.15, 0.2) is 0 Å². The van der Waals surface area contributed by atoms with E-state index in [0.29, 0.717) is 6.42 Å². The summed E-state index contributed by atoms with van der Waals surface area (Å²) in [5.74, 6) is 0.0797. The predicted octanol–water partition coefficient (Wildman–Crippen LogP) is 3.92. The van der Waals surface area contributed by atoms with E-state index in [0.717, 1.165) is 19.1 Å². The van der Waals surface area contributed by atoms with Crippen LogP contribution in [-0.4, -0.2) is 12.1 Å². The molecule has 0 bridgehead atoms. The van der Waals surface area contributed by atoms with E-state index in [-0.39, 0.29) is 5.78 Å². The molecule has 0 saturated carbocycles. The van der Waals surface area contributed by atoms with Gasteiger partial charge in [0.25, 0.3) is 0 Å². The minimum atomic E-state index is -0.776. The van der Waals surface area contributed by atoms with Gasteiger partial charge in [0.2, 0.25) is 0 Å². The molecule has 0 aliphatic heterocycles. The molecule has 0 amide bonds. The van der Waals surface area contributed by atoms with Gasteiger partial charge in [0, 0.05) is 6.42 Å². The maximum atomic E-state index is 11.6. The van der Waals surface area contributed by atoms with Crippen molar-refractivity contribution in [3.63, 3.8) is 0 Å². The SMILES string of the molecule is CCCCCCCCCC(=O)C(C)(C)C=O. The standard InChI is InChI=1S/C14H26O2/c1-4-5-6-7-8-9-10-11-13(16)14(2,3)12-15/h12H,4-11H2,1-3H3. The van der Waals surface area contributed by atoms with Crippen molar-refractivity contribution in [2.45, 2.75) is 72.1 Å². The van der Waals surface area contributed by atoms with E-state index in [9.17, 15) is 9.59 Å². The molecule has 0 aromatic heterocycles. The number of ketones is 1. The first-order valence-electron chi connectivity index (χ1n) is 6.54. The number of Topliss-reactive ketones (excluding diaryl/α,β-unsaturated/α-hetero) is 1. The molecule has 2 heteroatoms. The molecule has 0 N–H and O–H groups in total. The van der Waals surface area contributed by atoms with Crippen LogP contribution >= 0.6 is 0 Å². The van der Waals surface area contributed by atoms with Gasteiger partial charge in [-0.3, -0.25) is 4.79 Å². The van der Waals surface area contributed by atoms with E-state index < -0.39 is 5.41 Å². The lowest BCUT2D eigenvalue weighted by atomic mass is 9.87. The quantitative estimate of drug-likeness (QED) is 0.321. The van der Waals surface area contributed by atoms with Crippen LogP contribution in [-0.2, 0) is 9.59 Å². The lowest BCUT2D eigenvalue weighted by Crippen LogP contribution is -2.25. The van der Waals surface area contributed by atoms with Gasteiger partial charge in [-0.1, -0.05) is 45.4 Å². The Morgan fingerprint density at radius 1 is 1.00 bits per heavy atom. The summed E-state index contributed by atoms with van der Waals surface area (Å²) in [7, 11) is 0. The maximum Gasteiger partial charge on any atom is 0.145 e. The van der Waals surface area contributed by atoms with E-state index in [2.05, 4.69) is 6.92 Å². The molecule has 0 atom stereocenters. The Bertz CT molecular complexity index is 207. The molecule has 0 aliphatic carbocycles. The number of unbranched alkanes of at least 4 members (excludes halogenated alkanes) is 6. The second-order valence-electron chi connectivity index (χ2n) is 5.13. The molecule has 16 heavy (non-hydrogen) atoms. The van der Waals surface area contributed by atoms with Crippen LogP contribution in [0.2, 0.25) is 0 Å². The molecule has 0 aromatic carbocycles. The zero-order valence-electron chi connectivity index (χ0n) is 11.1. The Morgan fingerprint density at radius 3 is 2.00 bits per heavy atom. The molecule has 2 nitrogen and oxygen atoms in total. The third-order valence-electron chi connectivity index (χ3n) is 3.02. The first-order chi connectivity index (χ1) is 7.54. The number of rotatable bonds is 10. The van der Waals surface area contributed by atoms with Gasteiger partial charge in [0.05, 0.1) is 5.41 Å². The average molecular weight is 226 g/mol. The topological polar surface area (TPSA) is 34.1 Å². The van der Waals surface area contributed by atoms with Gasteiger partial charge >= 0.3 is 0 Å². The lowest BCUT2D eigenvalue weighted by molar-refractivity contribution is -0.132. The predicted molar refractivity (Wildman–Crippen MR) is 67.5 cm³/mol. The monoisotopic (exact) mass is 226 g/mol. The summed E-state index contributed by atoms with van der Waals surface area (Å²) in [4.78, 5) is 22.3. The van der Waals surface area contributed by atoms with Crippen LogP contribution in [0, 0.1) is 5.41 Å². The first-order valence-corrected chi connectivity index (χ1v) is 6.54. The van der Waals surface area contributed by atoms with Crippen molar-refractivity contribution in [3.8, 4) is 0 Å². The molecule has 0 radical (unpaired) electrons. The molecule has 0 aliphatic rings. The molecule has 0 spiro atoms. The third kappa shape index (κ3) is 6.76. The highest BCUT2D eigenvalue weighted by molar-refractivity contribution is 5.97. The van der Waals surface area contributed by atoms with Gasteiger partial charge in [0.15, 0.2) is 0 Å². The van der Waals surface area contributed by atoms with Crippen molar-refractivity contribution in [1.29, 1.82) is 0 Å². The molecule has 0 fully saturated rings. The highest BCUT2D eigenvalue weighted by Gasteiger charge is 2.25. The lowest BCUT2D eigenvalue weighted by Gasteiger charge is -2.14.